The molecule has 35 heavy (non-hydrogen) atoms. The van der Waals surface area contributed by atoms with Crippen LogP contribution in [0.25, 0.3) is 28.0 Å². The smallest absolute Gasteiger partial charge is 0.160 e. The van der Waals surface area contributed by atoms with E-state index in [0.29, 0.717) is 22.1 Å². The van der Waals surface area contributed by atoms with Crippen LogP contribution in [-0.2, 0) is 0 Å². The molecule has 4 heterocycles. The molecular weight excluding hydrogens is 479 g/mol. The number of fused-ring (bicyclic) bond motifs is 3. The van der Waals surface area contributed by atoms with Crippen molar-refractivity contribution >= 4 is 40.1 Å². The number of hydrogen-bond acceptors (Lipinski definition) is 5. The van der Waals surface area contributed by atoms with Gasteiger partial charge in [0.25, 0.3) is 0 Å². The summed E-state index contributed by atoms with van der Waals surface area (Å²) < 4.78 is 1.91. The molecule has 178 valence electrons. The zero-order valence-electron chi connectivity index (χ0n) is 19.3. The molecule has 8 heteroatoms. The lowest BCUT2D eigenvalue weighted by Gasteiger charge is -2.38. The lowest BCUT2D eigenvalue weighted by atomic mass is 10.1. The average molecular weight is 505 g/mol. The second-order valence-electron chi connectivity index (χ2n) is 9.94. The summed E-state index contributed by atoms with van der Waals surface area (Å²) in [6, 6.07) is 17.4. The van der Waals surface area contributed by atoms with E-state index in [-0.39, 0.29) is 0 Å². The quantitative estimate of drug-likeness (QED) is 0.341. The lowest BCUT2D eigenvalue weighted by Crippen LogP contribution is -2.50. The molecule has 2 bridgehead atoms. The third-order valence-corrected chi connectivity index (χ3v) is 8.56. The van der Waals surface area contributed by atoms with Crippen LogP contribution >= 0.6 is 23.2 Å². The maximum atomic E-state index is 6.63. The molecule has 0 radical (unpaired) electrons. The van der Waals surface area contributed by atoms with Crippen molar-refractivity contribution in [3.8, 4) is 16.9 Å². The fourth-order valence-electron chi connectivity index (χ4n) is 6.40. The van der Waals surface area contributed by atoms with Gasteiger partial charge in [-0.05, 0) is 43.5 Å². The maximum absolute atomic E-state index is 6.63. The maximum Gasteiger partial charge on any atom is 0.160 e. The Labute approximate surface area is 214 Å². The molecule has 3 fully saturated rings. The van der Waals surface area contributed by atoms with E-state index in [1.165, 1.54) is 32.1 Å². The molecule has 4 aromatic rings. The van der Waals surface area contributed by atoms with Gasteiger partial charge >= 0.3 is 0 Å². The van der Waals surface area contributed by atoms with E-state index in [1.807, 2.05) is 53.2 Å². The van der Waals surface area contributed by atoms with Crippen LogP contribution < -0.4 is 4.90 Å². The molecule has 0 spiro atoms. The summed E-state index contributed by atoms with van der Waals surface area (Å²) in [5, 5.41) is 6.41. The molecule has 3 aliphatic rings. The van der Waals surface area contributed by atoms with Crippen LogP contribution in [0.1, 0.15) is 32.1 Å². The summed E-state index contributed by atoms with van der Waals surface area (Å²) in [6.07, 6.45) is 8.35. The summed E-state index contributed by atoms with van der Waals surface area (Å²) in [6.45, 7) is 2.12. The van der Waals surface area contributed by atoms with Gasteiger partial charge in [0, 0.05) is 41.8 Å². The molecule has 2 unspecified atom stereocenters. The number of rotatable bonds is 4. The molecule has 2 aliphatic heterocycles. The zero-order valence-corrected chi connectivity index (χ0v) is 20.8. The summed E-state index contributed by atoms with van der Waals surface area (Å²) in [5.41, 5.74) is 4.34. The fraction of sp³-hybridized carbons (Fsp3) is 0.370. The first-order valence-corrected chi connectivity index (χ1v) is 13.2. The van der Waals surface area contributed by atoms with Gasteiger partial charge in [0.2, 0.25) is 0 Å². The largest absolute Gasteiger partial charge is 0.349 e. The van der Waals surface area contributed by atoms with Crippen LogP contribution in [0.5, 0.6) is 0 Å². The van der Waals surface area contributed by atoms with Gasteiger partial charge in [0.1, 0.15) is 17.5 Å². The summed E-state index contributed by atoms with van der Waals surface area (Å²) in [5.74, 6) is 0.926. The van der Waals surface area contributed by atoms with E-state index < -0.39 is 0 Å². The van der Waals surface area contributed by atoms with Crippen LogP contribution in [-0.4, -0.2) is 55.9 Å². The van der Waals surface area contributed by atoms with Crippen LogP contribution in [0.3, 0.4) is 0 Å². The lowest BCUT2D eigenvalue weighted by molar-refractivity contribution is 0.170. The Morgan fingerprint density at radius 1 is 0.800 bits per heavy atom. The number of likely N-dealkylation sites (tertiary alicyclic amines) is 1. The molecule has 2 aromatic carbocycles. The third-order valence-electron chi connectivity index (χ3n) is 7.99. The van der Waals surface area contributed by atoms with Crippen molar-refractivity contribution in [2.24, 2.45) is 0 Å². The predicted octanol–water partition coefficient (Wildman–Crippen LogP) is 5.99. The van der Waals surface area contributed by atoms with Crippen molar-refractivity contribution in [2.45, 2.75) is 50.2 Å². The number of halogens is 2. The van der Waals surface area contributed by atoms with Crippen molar-refractivity contribution in [3.05, 3.63) is 64.9 Å². The fourth-order valence-corrected chi connectivity index (χ4v) is 6.74. The van der Waals surface area contributed by atoms with Gasteiger partial charge < -0.3 is 4.90 Å². The number of benzene rings is 2. The molecule has 7 rings (SSSR count). The summed E-state index contributed by atoms with van der Waals surface area (Å²) in [4.78, 5) is 14.7. The van der Waals surface area contributed by atoms with Gasteiger partial charge in [0.15, 0.2) is 11.3 Å². The van der Waals surface area contributed by atoms with Crippen molar-refractivity contribution in [1.29, 1.82) is 0 Å². The van der Waals surface area contributed by atoms with Crippen molar-refractivity contribution < 1.29 is 0 Å². The Morgan fingerprint density at radius 3 is 2.34 bits per heavy atom. The standard InChI is InChI=1S/C27H26Cl2N6/c28-18-11-9-17(10-12-18)26-24-25(32-35(26)23-8-4-3-7-22(23)29)27(31-16-30-24)34-15-20-13-21(34)14-33(20)19-5-1-2-6-19/h3-4,7-12,16,19-21H,1-2,5-6,13-15H2. The number of nitrogens with zero attached hydrogens (tertiary/aromatic N) is 6. The van der Waals surface area contributed by atoms with E-state index >= 15 is 0 Å². The van der Waals surface area contributed by atoms with Crippen molar-refractivity contribution in [1.82, 2.24) is 24.6 Å². The van der Waals surface area contributed by atoms with Crippen molar-refractivity contribution in [3.63, 3.8) is 0 Å². The Morgan fingerprint density at radius 2 is 1.60 bits per heavy atom. The van der Waals surface area contributed by atoms with E-state index in [1.54, 1.807) is 6.33 Å². The first-order chi connectivity index (χ1) is 17.2. The van der Waals surface area contributed by atoms with Crippen LogP contribution in [0.15, 0.2) is 54.9 Å². The van der Waals surface area contributed by atoms with Crippen molar-refractivity contribution in [2.75, 3.05) is 18.0 Å². The van der Waals surface area contributed by atoms with E-state index in [2.05, 4.69) is 9.80 Å². The van der Waals surface area contributed by atoms with Gasteiger partial charge in [-0.1, -0.05) is 60.3 Å². The molecule has 0 amide bonds. The monoisotopic (exact) mass is 504 g/mol. The highest BCUT2D eigenvalue weighted by atomic mass is 35.5. The minimum atomic E-state index is 0.475. The normalized spacial score (nSPS) is 22.6. The Bertz CT molecular complexity index is 1390. The number of aromatic nitrogens is 4. The van der Waals surface area contributed by atoms with Gasteiger partial charge in [-0.25, -0.2) is 14.6 Å². The minimum Gasteiger partial charge on any atom is -0.349 e. The highest BCUT2D eigenvalue weighted by Gasteiger charge is 2.47. The van der Waals surface area contributed by atoms with E-state index in [4.69, 9.17) is 38.3 Å². The van der Waals surface area contributed by atoms with Gasteiger partial charge in [-0.3, -0.25) is 4.90 Å². The topological polar surface area (TPSA) is 50.1 Å². The van der Waals surface area contributed by atoms with Gasteiger partial charge in [-0.2, -0.15) is 5.10 Å². The van der Waals surface area contributed by atoms with Crippen LogP contribution in [0.2, 0.25) is 10.0 Å². The first-order valence-electron chi connectivity index (χ1n) is 12.4. The van der Waals surface area contributed by atoms with Gasteiger partial charge in [0.05, 0.1) is 10.7 Å². The molecule has 1 aliphatic carbocycles. The molecule has 6 nitrogen and oxygen atoms in total. The second-order valence-corrected chi connectivity index (χ2v) is 10.8. The highest BCUT2D eigenvalue weighted by molar-refractivity contribution is 6.32. The van der Waals surface area contributed by atoms with Crippen LogP contribution in [0, 0.1) is 0 Å². The SMILES string of the molecule is Clc1ccc(-c2c3ncnc(N4CC5CC4CN5C4CCCC4)c3nn2-c2ccccc2Cl)cc1. The number of hydrogen-bond donors (Lipinski definition) is 0. The Kier molecular flexibility index (Phi) is 5.23. The summed E-state index contributed by atoms with van der Waals surface area (Å²) in [7, 11) is 0. The molecule has 1 saturated carbocycles. The molecule has 0 N–H and O–H groups in total. The van der Waals surface area contributed by atoms with E-state index in [0.717, 1.165) is 52.9 Å². The second kappa shape index (κ2) is 8.47. The van der Waals surface area contributed by atoms with Gasteiger partial charge in [-0.15, -0.1) is 0 Å². The zero-order chi connectivity index (χ0) is 23.5. The number of para-hydroxylation sites is 1. The minimum absolute atomic E-state index is 0.475. The third kappa shape index (κ3) is 3.53. The Balaban J connectivity index is 1.34. The molecule has 2 aromatic heterocycles. The average Bonchev–Trinajstić information content (AvgIpc) is 3.67. The predicted molar refractivity (Wildman–Crippen MR) is 141 cm³/mol. The summed E-state index contributed by atoms with van der Waals surface area (Å²) >= 11 is 12.8. The molecular formula is C27H26Cl2N6. The number of anilines is 1. The van der Waals surface area contributed by atoms with Crippen LogP contribution in [0.4, 0.5) is 5.82 Å². The first kappa shape index (κ1) is 21.6. The van der Waals surface area contributed by atoms with E-state index in [9.17, 15) is 0 Å². The number of piperazine rings is 1. The highest BCUT2D eigenvalue weighted by Crippen LogP contribution is 2.41. The molecule has 2 atom stereocenters. The molecule has 2 saturated heterocycles. The Hall–Kier alpha value is -2.67.